The molecule has 4 heteroatoms. The Balaban J connectivity index is 2.80. The predicted molar refractivity (Wildman–Crippen MR) is 72.1 cm³/mol. The molecule has 1 aromatic rings. The molecule has 0 heterocycles. The quantitative estimate of drug-likeness (QED) is 0.897. The first-order valence-electron chi connectivity index (χ1n) is 5.64. The molecule has 0 radical (unpaired) electrons. The van der Waals surface area contributed by atoms with Crippen LogP contribution in [0.4, 0.5) is 0 Å². The monoisotopic (exact) mass is 299 g/mol. The summed E-state index contributed by atoms with van der Waals surface area (Å²) in [4.78, 5) is 12.0. The molecule has 0 aliphatic heterocycles. The second-order valence-electron chi connectivity index (χ2n) is 4.33. The lowest BCUT2D eigenvalue weighted by atomic mass is 10.0. The van der Waals surface area contributed by atoms with Crippen molar-refractivity contribution < 1.29 is 9.90 Å². The Morgan fingerprint density at radius 2 is 2.12 bits per heavy atom. The molecule has 17 heavy (non-hydrogen) atoms. The Hall–Kier alpha value is -0.870. The van der Waals surface area contributed by atoms with Crippen molar-refractivity contribution in [2.45, 2.75) is 26.8 Å². The molecule has 2 atom stereocenters. The van der Waals surface area contributed by atoms with Gasteiger partial charge in [0.2, 0.25) is 0 Å². The van der Waals surface area contributed by atoms with Crippen molar-refractivity contribution in [3.8, 4) is 0 Å². The van der Waals surface area contributed by atoms with E-state index in [1.54, 1.807) is 6.07 Å². The van der Waals surface area contributed by atoms with E-state index < -0.39 is 0 Å². The van der Waals surface area contributed by atoms with Gasteiger partial charge in [0.15, 0.2) is 0 Å². The summed E-state index contributed by atoms with van der Waals surface area (Å²) in [6, 6.07) is 5.50. The zero-order chi connectivity index (χ0) is 13.0. The predicted octanol–water partition coefficient (Wildman–Crippen LogP) is 2.50. The van der Waals surface area contributed by atoms with Gasteiger partial charge in [-0.25, -0.2) is 0 Å². The number of amides is 1. The summed E-state index contributed by atoms with van der Waals surface area (Å²) in [5.41, 5.74) is 1.59. The van der Waals surface area contributed by atoms with E-state index in [0.717, 1.165) is 10.0 Å². The Morgan fingerprint density at radius 3 is 2.71 bits per heavy atom. The molecule has 0 aliphatic rings. The molecule has 0 saturated heterocycles. The van der Waals surface area contributed by atoms with Crippen molar-refractivity contribution in [3.05, 3.63) is 33.8 Å². The van der Waals surface area contributed by atoms with Crippen LogP contribution in [0.2, 0.25) is 0 Å². The number of aliphatic hydroxyl groups excluding tert-OH is 1. The van der Waals surface area contributed by atoms with Gasteiger partial charge in [-0.15, -0.1) is 0 Å². The first-order chi connectivity index (χ1) is 7.97. The van der Waals surface area contributed by atoms with Crippen LogP contribution in [0.1, 0.15) is 29.8 Å². The molecule has 94 valence electrons. The number of benzene rings is 1. The third-order valence-electron chi connectivity index (χ3n) is 3.01. The molecule has 3 nitrogen and oxygen atoms in total. The standard InChI is InChI=1S/C13H18BrNO2/c1-8(7-16)10(3)15-13(17)11-5-4-6-12(14)9(11)2/h4-6,8,10,16H,7H2,1-3H3,(H,15,17). The molecule has 0 saturated carbocycles. The third-order valence-corrected chi connectivity index (χ3v) is 3.87. The van der Waals surface area contributed by atoms with E-state index in [4.69, 9.17) is 5.11 Å². The van der Waals surface area contributed by atoms with Crippen LogP contribution in [0.3, 0.4) is 0 Å². The smallest absolute Gasteiger partial charge is 0.251 e. The first kappa shape index (κ1) is 14.2. The Labute approximate surface area is 110 Å². The largest absolute Gasteiger partial charge is 0.396 e. The van der Waals surface area contributed by atoms with Crippen LogP contribution in [0.25, 0.3) is 0 Å². The summed E-state index contributed by atoms with van der Waals surface area (Å²) >= 11 is 3.40. The van der Waals surface area contributed by atoms with Gasteiger partial charge in [-0.1, -0.05) is 28.9 Å². The van der Waals surface area contributed by atoms with Crippen molar-refractivity contribution in [1.82, 2.24) is 5.32 Å². The molecular formula is C13H18BrNO2. The highest BCUT2D eigenvalue weighted by Crippen LogP contribution is 2.19. The number of hydrogen-bond donors (Lipinski definition) is 2. The number of nitrogens with one attached hydrogen (secondary N) is 1. The summed E-state index contributed by atoms with van der Waals surface area (Å²) in [5.74, 6) is -0.0528. The fourth-order valence-corrected chi connectivity index (χ4v) is 1.80. The van der Waals surface area contributed by atoms with Crippen molar-refractivity contribution in [3.63, 3.8) is 0 Å². The summed E-state index contributed by atoms with van der Waals surface area (Å²) in [7, 11) is 0. The lowest BCUT2D eigenvalue weighted by Crippen LogP contribution is -2.38. The normalized spacial score (nSPS) is 14.2. The number of carbonyl (C=O) groups is 1. The van der Waals surface area contributed by atoms with E-state index in [-0.39, 0.29) is 24.5 Å². The Kier molecular flexibility index (Phi) is 5.15. The number of aliphatic hydroxyl groups is 1. The zero-order valence-electron chi connectivity index (χ0n) is 10.3. The molecule has 2 unspecified atom stereocenters. The van der Waals surface area contributed by atoms with Gasteiger partial charge in [-0.05, 0) is 37.5 Å². The molecule has 1 aromatic carbocycles. The van der Waals surface area contributed by atoms with Crippen LogP contribution >= 0.6 is 15.9 Å². The van der Waals surface area contributed by atoms with Crippen molar-refractivity contribution in [2.24, 2.45) is 5.92 Å². The molecule has 0 aliphatic carbocycles. The van der Waals surface area contributed by atoms with Crippen LogP contribution in [0, 0.1) is 12.8 Å². The topological polar surface area (TPSA) is 49.3 Å². The Bertz CT molecular complexity index is 406. The molecule has 1 rings (SSSR count). The minimum absolute atomic E-state index is 0.0476. The highest BCUT2D eigenvalue weighted by Gasteiger charge is 2.16. The third kappa shape index (κ3) is 3.54. The Morgan fingerprint density at radius 1 is 1.47 bits per heavy atom. The van der Waals surface area contributed by atoms with Crippen LogP contribution in [0.15, 0.2) is 22.7 Å². The van der Waals surface area contributed by atoms with E-state index in [0.29, 0.717) is 5.56 Å². The van der Waals surface area contributed by atoms with Crippen molar-refractivity contribution >= 4 is 21.8 Å². The average Bonchev–Trinajstić information content (AvgIpc) is 2.31. The highest BCUT2D eigenvalue weighted by atomic mass is 79.9. The molecular weight excluding hydrogens is 282 g/mol. The summed E-state index contributed by atoms with van der Waals surface area (Å²) in [5, 5.41) is 11.9. The van der Waals surface area contributed by atoms with Gasteiger partial charge >= 0.3 is 0 Å². The van der Waals surface area contributed by atoms with Gasteiger partial charge in [-0.2, -0.15) is 0 Å². The van der Waals surface area contributed by atoms with Crippen molar-refractivity contribution in [2.75, 3.05) is 6.61 Å². The van der Waals surface area contributed by atoms with Crippen molar-refractivity contribution in [1.29, 1.82) is 0 Å². The molecule has 0 bridgehead atoms. The van der Waals surface area contributed by atoms with E-state index in [2.05, 4.69) is 21.2 Å². The fourth-order valence-electron chi connectivity index (χ4n) is 1.44. The maximum Gasteiger partial charge on any atom is 0.251 e. The minimum atomic E-state index is -0.100. The van der Waals surface area contributed by atoms with E-state index in [1.807, 2.05) is 32.9 Å². The summed E-state index contributed by atoms with van der Waals surface area (Å²) in [6.45, 7) is 5.77. The van der Waals surface area contributed by atoms with E-state index >= 15 is 0 Å². The van der Waals surface area contributed by atoms with Crippen LogP contribution in [-0.2, 0) is 0 Å². The van der Waals surface area contributed by atoms with Gasteiger partial charge in [0.05, 0.1) is 0 Å². The molecule has 0 aromatic heterocycles. The van der Waals surface area contributed by atoms with Gasteiger partial charge in [0, 0.05) is 22.7 Å². The number of rotatable bonds is 4. The van der Waals surface area contributed by atoms with Crippen LogP contribution in [0.5, 0.6) is 0 Å². The molecule has 1 amide bonds. The lowest BCUT2D eigenvalue weighted by Gasteiger charge is -2.20. The maximum absolute atomic E-state index is 12.0. The zero-order valence-corrected chi connectivity index (χ0v) is 11.9. The van der Waals surface area contributed by atoms with E-state index in [1.165, 1.54) is 0 Å². The highest BCUT2D eigenvalue weighted by molar-refractivity contribution is 9.10. The van der Waals surface area contributed by atoms with Crippen LogP contribution < -0.4 is 5.32 Å². The maximum atomic E-state index is 12.0. The first-order valence-corrected chi connectivity index (χ1v) is 6.43. The second-order valence-corrected chi connectivity index (χ2v) is 5.19. The van der Waals surface area contributed by atoms with Crippen LogP contribution in [-0.4, -0.2) is 23.7 Å². The number of halogens is 1. The molecule has 0 fully saturated rings. The second kappa shape index (κ2) is 6.17. The summed E-state index contributed by atoms with van der Waals surface area (Å²) < 4.78 is 0.924. The number of hydrogen-bond acceptors (Lipinski definition) is 2. The SMILES string of the molecule is Cc1c(Br)cccc1C(=O)NC(C)C(C)CO. The fraction of sp³-hybridized carbons (Fsp3) is 0.462. The minimum Gasteiger partial charge on any atom is -0.396 e. The lowest BCUT2D eigenvalue weighted by molar-refractivity contribution is 0.0915. The summed E-state index contributed by atoms with van der Waals surface area (Å²) in [6.07, 6.45) is 0. The number of carbonyl (C=O) groups excluding carboxylic acids is 1. The van der Waals surface area contributed by atoms with Gasteiger partial charge in [0.1, 0.15) is 0 Å². The molecule has 2 N–H and O–H groups in total. The van der Waals surface area contributed by atoms with Gasteiger partial charge < -0.3 is 10.4 Å². The average molecular weight is 300 g/mol. The van der Waals surface area contributed by atoms with Gasteiger partial charge in [-0.3, -0.25) is 4.79 Å². The van der Waals surface area contributed by atoms with Gasteiger partial charge in [0.25, 0.3) is 5.91 Å². The van der Waals surface area contributed by atoms with E-state index in [9.17, 15) is 4.79 Å². The molecule has 0 spiro atoms.